The molecule has 1 heterocycles. The molecule has 1 N–H and O–H groups in total. The Bertz CT molecular complexity index is 616. The average Bonchev–Trinajstić information content (AvgIpc) is 2.82. The van der Waals surface area contributed by atoms with Crippen LogP contribution < -0.4 is 5.32 Å². The summed E-state index contributed by atoms with van der Waals surface area (Å²) in [6.07, 6.45) is 1.13. The molecule has 0 saturated carbocycles. The van der Waals surface area contributed by atoms with E-state index in [-0.39, 0.29) is 11.8 Å². The summed E-state index contributed by atoms with van der Waals surface area (Å²) >= 11 is 0. The molecule has 4 nitrogen and oxygen atoms in total. The van der Waals surface area contributed by atoms with Crippen LogP contribution in [0.15, 0.2) is 24.3 Å². The van der Waals surface area contributed by atoms with E-state index in [1.165, 1.54) is 0 Å². The van der Waals surface area contributed by atoms with Gasteiger partial charge in [-0.2, -0.15) is 0 Å². The maximum absolute atomic E-state index is 11.8. The van der Waals surface area contributed by atoms with Crippen LogP contribution in [0.2, 0.25) is 0 Å². The summed E-state index contributed by atoms with van der Waals surface area (Å²) in [6, 6.07) is 8.15. The van der Waals surface area contributed by atoms with Crippen molar-refractivity contribution in [3.05, 3.63) is 30.1 Å². The van der Waals surface area contributed by atoms with Crippen LogP contribution in [-0.4, -0.2) is 15.5 Å². The number of para-hydroxylation sites is 2. The first-order valence-electron chi connectivity index (χ1n) is 7.74. The van der Waals surface area contributed by atoms with Crippen molar-refractivity contribution in [3.8, 4) is 0 Å². The molecule has 1 unspecified atom stereocenters. The molecule has 0 aliphatic carbocycles. The Morgan fingerprint density at radius 2 is 2.00 bits per heavy atom. The summed E-state index contributed by atoms with van der Waals surface area (Å²) in [5.41, 5.74) is 2.14. The average molecular weight is 287 g/mol. The number of amides is 1. The fraction of sp³-hybridized carbons (Fsp3) is 0.529. The highest BCUT2D eigenvalue weighted by Gasteiger charge is 2.14. The van der Waals surface area contributed by atoms with E-state index in [4.69, 9.17) is 0 Å². The van der Waals surface area contributed by atoms with Gasteiger partial charge in [0.1, 0.15) is 5.82 Å². The Hall–Kier alpha value is -1.84. The highest BCUT2D eigenvalue weighted by Crippen LogP contribution is 2.18. The van der Waals surface area contributed by atoms with Gasteiger partial charge in [0.15, 0.2) is 0 Å². The zero-order valence-electron chi connectivity index (χ0n) is 13.4. The van der Waals surface area contributed by atoms with Crippen molar-refractivity contribution >= 4 is 16.9 Å². The summed E-state index contributed by atoms with van der Waals surface area (Å²) in [6.45, 7) is 9.66. The third kappa shape index (κ3) is 3.63. The van der Waals surface area contributed by atoms with Crippen molar-refractivity contribution in [1.29, 1.82) is 0 Å². The van der Waals surface area contributed by atoms with E-state index in [1.807, 2.05) is 32.0 Å². The Balaban J connectivity index is 2.28. The van der Waals surface area contributed by atoms with E-state index < -0.39 is 0 Å². The number of imidazole rings is 1. The summed E-state index contributed by atoms with van der Waals surface area (Å²) in [5, 5.41) is 2.97. The van der Waals surface area contributed by atoms with Crippen molar-refractivity contribution in [3.63, 3.8) is 0 Å². The molecule has 114 valence electrons. The molecule has 0 aliphatic rings. The summed E-state index contributed by atoms with van der Waals surface area (Å²) in [4.78, 5) is 16.5. The van der Waals surface area contributed by atoms with Gasteiger partial charge in [-0.1, -0.05) is 46.2 Å². The van der Waals surface area contributed by atoms with Crippen LogP contribution in [0.3, 0.4) is 0 Å². The molecule has 2 aromatic rings. The number of nitrogens with zero attached hydrogens (tertiary/aromatic N) is 2. The van der Waals surface area contributed by atoms with Gasteiger partial charge < -0.3 is 9.88 Å². The number of carbonyl (C=O) groups excluding carboxylic acids is 1. The zero-order chi connectivity index (χ0) is 15.4. The number of benzene rings is 1. The van der Waals surface area contributed by atoms with Crippen molar-refractivity contribution in [1.82, 2.24) is 14.9 Å². The van der Waals surface area contributed by atoms with E-state index >= 15 is 0 Å². The number of hydrogen-bond acceptors (Lipinski definition) is 2. The van der Waals surface area contributed by atoms with Gasteiger partial charge in [-0.25, -0.2) is 4.98 Å². The number of hydrogen-bond donors (Lipinski definition) is 1. The molecule has 1 atom stereocenters. The first-order chi connectivity index (χ1) is 10.0. The summed E-state index contributed by atoms with van der Waals surface area (Å²) < 4.78 is 2.24. The van der Waals surface area contributed by atoms with Crippen LogP contribution in [0.5, 0.6) is 0 Å². The first-order valence-corrected chi connectivity index (χ1v) is 7.74. The summed E-state index contributed by atoms with van der Waals surface area (Å²) in [7, 11) is 0. The van der Waals surface area contributed by atoms with Gasteiger partial charge in [0.25, 0.3) is 0 Å². The van der Waals surface area contributed by atoms with Crippen molar-refractivity contribution in [2.24, 2.45) is 11.8 Å². The van der Waals surface area contributed by atoms with Crippen LogP contribution in [0, 0.1) is 11.8 Å². The number of fused-ring (bicyclic) bond motifs is 1. The molecule has 21 heavy (non-hydrogen) atoms. The van der Waals surface area contributed by atoms with E-state index in [1.54, 1.807) is 0 Å². The van der Waals surface area contributed by atoms with E-state index in [0.29, 0.717) is 12.5 Å². The van der Waals surface area contributed by atoms with Crippen molar-refractivity contribution in [2.45, 2.75) is 47.2 Å². The molecule has 4 heteroatoms. The van der Waals surface area contributed by atoms with Gasteiger partial charge in [-0.05, 0) is 18.1 Å². The molecule has 0 fully saturated rings. The van der Waals surface area contributed by atoms with Crippen LogP contribution in [0.4, 0.5) is 0 Å². The fourth-order valence-electron chi connectivity index (χ4n) is 2.28. The molecule has 0 saturated heterocycles. The summed E-state index contributed by atoms with van der Waals surface area (Å²) in [5.74, 6) is 1.59. The Kier molecular flexibility index (Phi) is 4.99. The standard InChI is InChI=1S/C17H25N3O/c1-5-13(4)11-20-15-9-7-6-8-14(15)19-16(20)10-18-17(21)12(2)3/h6-9,12-13H,5,10-11H2,1-4H3,(H,18,21). The third-order valence-electron chi connectivity index (χ3n) is 3.87. The van der Waals surface area contributed by atoms with Crippen LogP contribution in [-0.2, 0) is 17.9 Å². The fourth-order valence-corrected chi connectivity index (χ4v) is 2.28. The third-order valence-corrected chi connectivity index (χ3v) is 3.87. The Morgan fingerprint density at radius 3 is 2.67 bits per heavy atom. The van der Waals surface area contributed by atoms with Crippen molar-refractivity contribution in [2.75, 3.05) is 0 Å². The highest BCUT2D eigenvalue weighted by molar-refractivity contribution is 5.78. The maximum Gasteiger partial charge on any atom is 0.222 e. The monoisotopic (exact) mass is 287 g/mol. The lowest BCUT2D eigenvalue weighted by Gasteiger charge is -2.14. The number of aromatic nitrogens is 2. The van der Waals surface area contributed by atoms with E-state index in [0.717, 1.165) is 29.8 Å². The normalized spacial score (nSPS) is 12.8. The second-order valence-electron chi connectivity index (χ2n) is 6.01. The lowest BCUT2D eigenvalue weighted by atomic mass is 10.1. The SMILES string of the molecule is CCC(C)Cn1c(CNC(=O)C(C)C)nc2ccccc21. The van der Waals surface area contributed by atoms with E-state index in [9.17, 15) is 4.79 Å². The molecule has 0 bridgehead atoms. The lowest BCUT2D eigenvalue weighted by molar-refractivity contribution is -0.124. The number of carbonyl (C=O) groups is 1. The predicted molar refractivity (Wildman–Crippen MR) is 85.9 cm³/mol. The Morgan fingerprint density at radius 1 is 1.29 bits per heavy atom. The number of rotatable bonds is 6. The zero-order valence-corrected chi connectivity index (χ0v) is 13.4. The largest absolute Gasteiger partial charge is 0.349 e. The van der Waals surface area contributed by atoms with Crippen LogP contribution in [0.1, 0.15) is 39.9 Å². The smallest absolute Gasteiger partial charge is 0.222 e. The molecule has 0 radical (unpaired) electrons. The molecular formula is C17H25N3O. The van der Waals surface area contributed by atoms with Crippen LogP contribution >= 0.6 is 0 Å². The molecule has 0 aliphatic heterocycles. The maximum atomic E-state index is 11.8. The molecule has 2 rings (SSSR count). The first kappa shape index (κ1) is 15.5. The minimum absolute atomic E-state index is 0.00241. The topological polar surface area (TPSA) is 46.9 Å². The second kappa shape index (κ2) is 6.74. The lowest BCUT2D eigenvalue weighted by Crippen LogP contribution is -2.28. The van der Waals surface area contributed by atoms with Gasteiger partial charge in [0.05, 0.1) is 17.6 Å². The van der Waals surface area contributed by atoms with Gasteiger partial charge >= 0.3 is 0 Å². The highest BCUT2D eigenvalue weighted by atomic mass is 16.1. The molecule has 1 aromatic carbocycles. The predicted octanol–water partition coefficient (Wildman–Crippen LogP) is 3.35. The molecule has 1 aromatic heterocycles. The molecule has 0 spiro atoms. The molecule has 1 amide bonds. The van der Waals surface area contributed by atoms with Gasteiger partial charge in [0.2, 0.25) is 5.91 Å². The van der Waals surface area contributed by atoms with Gasteiger partial charge in [0, 0.05) is 12.5 Å². The quantitative estimate of drug-likeness (QED) is 0.885. The molecular weight excluding hydrogens is 262 g/mol. The minimum Gasteiger partial charge on any atom is -0.349 e. The van der Waals surface area contributed by atoms with Gasteiger partial charge in [-0.3, -0.25) is 4.79 Å². The van der Waals surface area contributed by atoms with Crippen molar-refractivity contribution < 1.29 is 4.79 Å². The Labute approximate surface area is 126 Å². The van der Waals surface area contributed by atoms with E-state index in [2.05, 4.69) is 34.8 Å². The minimum atomic E-state index is -0.00241. The number of nitrogens with one attached hydrogen (secondary N) is 1. The van der Waals surface area contributed by atoms with Crippen LogP contribution in [0.25, 0.3) is 11.0 Å². The second-order valence-corrected chi connectivity index (χ2v) is 6.01. The van der Waals surface area contributed by atoms with Gasteiger partial charge in [-0.15, -0.1) is 0 Å².